The van der Waals surface area contributed by atoms with Crippen LogP contribution in [0.2, 0.25) is 0 Å². The van der Waals surface area contributed by atoms with Gasteiger partial charge in [0, 0.05) is 24.7 Å². The van der Waals surface area contributed by atoms with E-state index in [0.29, 0.717) is 17.3 Å². The van der Waals surface area contributed by atoms with Crippen LogP contribution < -0.4 is 10.5 Å². The molecule has 0 bridgehead atoms. The van der Waals surface area contributed by atoms with Crippen LogP contribution in [0.25, 0.3) is 0 Å². The molecule has 0 saturated carbocycles. The second-order valence-electron chi connectivity index (χ2n) is 4.56. The molecule has 2 rings (SSSR count). The molecule has 21 heavy (non-hydrogen) atoms. The highest BCUT2D eigenvalue weighted by Gasteiger charge is 2.10. The Morgan fingerprint density at radius 3 is 2.62 bits per heavy atom. The average Bonchev–Trinajstić information content (AvgIpc) is 2.98. The number of hydrogen-bond acceptors (Lipinski definition) is 4. The van der Waals surface area contributed by atoms with Crippen molar-refractivity contribution in [3.05, 3.63) is 54.0 Å². The van der Waals surface area contributed by atoms with E-state index >= 15 is 0 Å². The van der Waals surface area contributed by atoms with E-state index in [1.807, 2.05) is 6.07 Å². The van der Waals surface area contributed by atoms with Gasteiger partial charge in [-0.3, -0.25) is 4.79 Å². The molecule has 2 N–H and O–H groups in total. The molecule has 1 aromatic carbocycles. The van der Waals surface area contributed by atoms with E-state index in [4.69, 9.17) is 27.1 Å². The molecule has 2 aromatic rings. The van der Waals surface area contributed by atoms with Crippen molar-refractivity contribution in [2.45, 2.75) is 6.54 Å². The lowest BCUT2D eigenvalue weighted by molar-refractivity contribution is -0.132. The number of furan rings is 1. The Balaban J connectivity index is 1.84. The maximum absolute atomic E-state index is 11.9. The Hall–Kier alpha value is -2.34. The molecule has 1 aromatic heterocycles. The Bertz CT molecular complexity index is 608. The van der Waals surface area contributed by atoms with Gasteiger partial charge in [0.25, 0.3) is 5.91 Å². The van der Waals surface area contributed by atoms with E-state index in [1.165, 1.54) is 0 Å². The van der Waals surface area contributed by atoms with Crippen LogP contribution >= 0.6 is 12.2 Å². The van der Waals surface area contributed by atoms with E-state index in [-0.39, 0.29) is 12.5 Å². The van der Waals surface area contributed by atoms with Gasteiger partial charge in [0.15, 0.2) is 6.61 Å². The van der Waals surface area contributed by atoms with Crippen molar-refractivity contribution in [2.24, 2.45) is 5.73 Å². The zero-order valence-electron chi connectivity index (χ0n) is 11.6. The number of likely N-dealkylation sites (N-methyl/N-ethyl adjacent to an activating group) is 1. The number of benzene rings is 1. The van der Waals surface area contributed by atoms with Gasteiger partial charge in [-0.25, -0.2) is 0 Å². The van der Waals surface area contributed by atoms with Gasteiger partial charge in [-0.05, 0) is 30.3 Å². The Morgan fingerprint density at radius 2 is 2.05 bits per heavy atom. The van der Waals surface area contributed by atoms with Crippen LogP contribution in [-0.4, -0.2) is 29.5 Å². The first-order valence-electron chi connectivity index (χ1n) is 6.34. The number of carbonyl (C=O) groups is 1. The van der Waals surface area contributed by atoms with Gasteiger partial charge >= 0.3 is 0 Å². The molecule has 110 valence electrons. The van der Waals surface area contributed by atoms with E-state index in [9.17, 15) is 4.79 Å². The predicted molar refractivity (Wildman–Crippen MR) is 83.0 cm³/mol. The molecule has 0 aliphatic carbocycles. The van der Waals surface area contributed by atoms with Crippen molar-refractivity contribution in [3.63, 3.8) is 0 Å². The van der Waals surface area contributed by atoms with Crippen molar-refractivity contribution < 1.29 is 13.9 Å². The summed E-state index contributed by atoms with van der Waals surface area (Å²) in [6.07, 6.45) is 3.19. The fraction of sp³-hybridized carbons (Fsp3) is 0.200. The zero-order valence-corrected chi connectivity index (χ0v) is 12.4. The van der Waals surface area contributed by atoms with Crippen molar-refractivity contribution in [1.29, 1.82) is 0 Å². The van der Waals surface area contributed by atoms with Crippen LogP contribution in [0.5, 0.6) is 5.75 Å². The van der Waals surface area contributed by atoms with Crippen molar-refractivity contribution in [1.82, 2.24) is 4.90 Å². The standard InChI is InChI=1S/C15H16N2O3S/c1-17(8-11-6-7-19-9-11)14(18)10-20-13-4-2-12(3-5-13)15(16)21/h2-7,9H,8,10H2,1H3,(H2,16,21). The third-order valence-corrected chi connectivity index (χ3v) is 3.16. The van der Waals surface area contributed by atoms with Crippen LogP contribution in [-0.2, 0) is 11.3 Å². The minimum atomic E-state index is -0.116. The Labute approximate surface area is 128 Å². The van der Waals surface area contributed by atoms with E-state index < -0.39 is 0 Å². The summed E-state index contributed by atoms with van der Waals surface area (Å²) in [7, 11) is 1.72. The van der Waals surface area contributed by atoms with Crippen LogP contribution in [0, 0.1) is 0 Å². The molecule has 0 unspecified atom stereocenters. The molecule has 1 heterocycles. The lowest BCUT2D eigenvalue weighted by atomic mass is 10.2. The van der Waals surface area contributed by atoms with Crippen LogP contribution in [0.3, 0.4) is 0 Å². The highest BCUT2D eigenvalue weighted by Crippen LogP contribution is 2.12. The van der Waals surface area contributed by atoms with Gasteiger partial charge in [0.2, 0.25) is 0 Å². The van der Waals surface area contributed by atoms with Crippen molar-refractivity contribution in [3.8, 4) is 5.75 Å². The van der Waals surface area contributed by atoms with Gasteiger partial charge in [-0.1, -0.05) is 12.2 Å². The molecule has 0 aliphatic rings. The number of ether oxygens (including phenoxy) is 1. The molecule has 0 radical (unpaired) electrons. The molecule has 5 nitrogen and oxygen atoms in total. The van der Waals surface area contributed by atoms with Crippen molar-refractivity contribution >= 4 is 23.1 Å². The summed E-state index contributed by atoms with van der Waals surface area (Å²) in [5, 5.41) is 0. The largest absolute Gasteiger partial charge is 0.484 e. The van der Waals surface area contributed by atoms with Crippen LogP contribution in [0.1, 0.15) is 11.1 Å². The zero-order chi connectivity index (χ0) is 15.2. The number of nitrogens with two attached hydrogens (primary N) is 1. The summed E-state index contributed by atoms with van der Waals surface area (Å²) in [6, 6.07) is 8.81. The minimum Gasteiger partial charge on any atom is -0.484 e. The number of rotatable bonds is 6. The molecular weight excluding hydrogens is 288 g/mol. The highest BCUT2D eigenvalue weighted by atomic mass is 32.1. The van der Waals surface area contributed by atoms with Gasteiger partial charge in [-0.15, -0.1) is 0 Å². The summed E-state index contributed by atoms with van der Waals surface area (Å²) >= 11 is 4.87. The lowest BCUT2D eigenvalue weighted by Crippen LogP contribution is -2.30. The molecule has 0 atom stereocenters. The maximum atomic E-state index is 11.9. The first-order chi connectivity index (χ1) is 10.1. The third-order valence-electron chi connectivity index (χ3n) is 2.93. The first kappa shape index (κ1) is 15.1. The predicted octanol–water partition coefficient (Wildman–Crippen LogP) is 1.95. The fourth-order valence-corrected chi connectivity index (χ4v) is 1.85. The molecule has 6 heteroatoms. The van der Waals surface area contributed by atoms with Crippen LogP contribution in [0.15, 0.2) is 47.3 Å². The summed E-state index contributed by atoms with van der Waals surface area (Å²) in [5.74, 6) is 0.481. The van der Waals surface area contributed by atoms with E-state index in [2.05, 4.69) is 0 Å². The summed E-state index contributed by atoms with van der Waals surface area (Å²) < 4.78 is 10.4. The number of thiocarbonyl (C=S) groups is 1. The molecule has 0 aliphatic heterocycles. The van der Waals surface area contributed by atoms with Gasteiger partial charge in [0.1, 0.15) is 10.7 Å². The van der Waals surface area contributed by atoms with Gasteiger partial charge < -0.3 is 19.8 Å². The fourth-order valence-electron chi connectivity index (χ4n) is 1.72. The minimum absolute atomic E-state index is 0.0270. The summed E-state index contributed by atoms with van der Waals surface area (Å²) in [5.41, 5.74) is 7.21. The number of hydrogen-bond donors (Lipinski definition) is 1. The first-order valence-corrected chi connectivity index (χ1v) is 6.75. The third kappa shape index (κ3) is 4.32. The topological polar surface area (TPSA) is 68.7 Å². The molecule has 0 spiro atoms. The smallest absolute Gasteiger partial charge is 0.260 e. The summed E-state index contributed by atoms with van der Waals surface area (Å²) in [4.78, 5) is 13.9. The SMILES string of the molecule is CN(Cc1ccoc1)C(=O)COc1ccc(C(N)=S)cc1. The number of amides is 1. The quantitative estimate of drug-likeness (QED) is 0.826. The Kier molecular flexibility index (Phi) is 4.94. The normalized spacial score (nSPS) is 10.1. The second-order valence-corrected chi connectivity index (χ2v) is 5.00. The van der Waals surface area contributed by atoms with E-state index in [1.54, 1.807) is 48.7 Å². The monoisotopic (exact) mass is 304 g/mol. The van der Waals surface area contributed by atoms with E-state index in [0.717, 1.165) is 11.1 Å². The van der Waals surface area contributed by atoms with Gasteiger partial charge in [-0.2, -0.15) is 0 Å². The molecular formula is C15H16N2O3S. The molecule has 1 amide bonds. The summed E-state index contributed by atoms with van der Waals surface area (Å²) in [6.45, 7) is 0.458. The Morgan fingerprint density at radius 1 is 1.33 bits per heavy atom. The number of carbonyl (C=O) groups excluding carboxylic acids is 1. The highest BCUT2D eigenvalue weighted by molar-refractivity contribution is 7.80. The van der Waals surface area contributed by atoms with Crippen molar-refractivity contribution in [2.75, 3.05) is 13.7 Å². The second kappa shape index (κ2) is 6.90. The average molecular weight is 304 g/mol. The van der Waals surface area contributed by atoms with Gasteiger partial charge in [0.05, 0.1) is 12.5 Å². The van der Waals surface area contributed by atoms with Crippen LogP contribution in [0.4, 0.5) is 0 Å². The lowest BCUT2D eigenvalue weighted by Gasteiger charge is -2.16. The molecule has 0 saturated heterocycles. The molecule has 0 fully saturated rings. The number of nitrogens with zero attached hydrogens (tertiary/aromatic N) is 1. The maximum Gasteiger partial charge on any atom is 0.260 e.